The molecule has 8 aliphatic carbocycles. The van der Waals surface area contributed by atoms with Crippen LogP contribution in [0.2, 0.25) is 0 Å². The molecule has 2 aromatic carbocycles. The molecule has 12 rings (SSSR count). The molecule has 8 bridgehead atoms. The summed E-state index contributed by atoms with van der Waals surface area (Å²) in [5, 5.41) is -0.993. The number of benzene rings is 2. The lowest BCUT2D eigenvalue weighted by atomic mass is 9.48. The maximum Gasteiger partial charge on any atom is 0.396 e. The van der Waals surface area contributed by atoms with Gasteiger partial charge >= 0.3 is 34.3 Å². The van der Waals surface area contributed by atoms with Crippen molar-refractivity contribution in [3.63, 3.8) is 0 Å². The zero-order valence-electron chi connectivity index (χ0n) is 47.2. The van der Waals surface area contributed by atoms with E-state index >= 15 is 0 Å². The van der Waals surface area contributed by atoms with E-state index in [0.717, 1.165) is 25.7 Å². The molecule has 11 nitrogen and oxygen atoms in total. The molecule has 0 amide bonds. The largest absolute Gasteiger partial charge is 0.743 e. The minimum absolute atomic E-state index is 0.130. The van der Waals surface area contributed by atoms with Gasteiger partial charge in [0.15, 0.2) is 30.0 Å². The van der Waals surface area contributed by atoms with Gasteiger partial charge in [0.1, 0.15) is 23.0 Å². The van der Waals surface area contributed by atoms with Gasteiger partial charge < -0.3 is 23.7 Å². The summed E-state index contributed by atoms with van der Waals surface area (Å²) in [6.07, 6.45) is 10.3. The van der Waals surface area contributed by atoms with Crippen LogP contribution >= 0.6 is 0 Å². The molecule has 2 atom stereocenters. The first-order chi connectivity index (χ1) is 37.2. The van der Waals surface area contributed by atoms with Crippen LogP contribution in [0.25, 0.3) is 0 Å². The van der Waals surface area contributed by atoms with Crippen molar-refractivity contribution < 1.29 is 85.2 Å². The third-order valence-electron chi connectivity index (χ3n) is 17.9. The molecule has 2 aromatic rings. The summed E-state index contributed by atoms with van der Waals surface area (Å²) >= 11 is 0. The first-order valence-electron chi connectivity index (χ1n) is 28.3. The van der Waals surface area contributed by atoms with Crippen molar-refractivity contribution in [3.8, 4) is 0 Å². The van der Waals surface area contributed by atoms with E-state index in [1.165, 1.54) is 59.8 Å². The Labute approximate surface area is 478 Å². The van der Waals surface area contributed by atoms with Crippen LogP contribution in [0.3, 0.4) is 0 Å². The highest BCUT2D eigenvalue weighted by atomic mass is 32.2. The van der Waals surface area contributed by atoms with Gasteiger partial charge in [-0.3, -0.25) is 9.59 Å². The molecule has 2 heterocycles. The van der Waals surface area contributed by atoms with Gasteiger partial charge in [-0.05, 0) is 179 Å². The molecule has 1 N–H and O–H groups in total. The number of hydrogen-bond acceptors (Lipinski definition) is 11. The molecule has 2 aliphatic heterocycles. The average Bonchev–Trinajstić information content (AvgIpc) is 4.19. The van der Waals surface area contributed by atoms with Crippen LogP contribution in [0, 0.1) is 40.4 Å². The fourth-order valence-corrected chi connectivity index (χ4v) is 19.9. The van der Waals surface area contributed by atoms with Crippen LogP contribution in [-0.2, 0) is 71.9 Å². The Bertz CT molecular complexity index is 2620. The van der Waals surface area contributed by atoms with Crippen molar-refractivity contribution in [2.24, 2.45) is 40.4 Å². The molecule has 10 aliphatic rings. The quantitative estimate of drug-likeness (QED) is 0.0820. The molecular formula is C58H80F8O11S4. The molecule has 0 aromatic heterocycles. The van der Waals surface area contributed by atoms with Crippen molar-refractivity contribution in [3.05, 3.63) is 59.7 Å². The Morgan fingerprint density at radius 3 is 1.11 bits per heavy atom. The molecule has 8 saturated carbocycles. The minimum Gasteiger partial charge on any atom is -0.743 e. The summed E-state index contributed by atoms with van der Waals surface area (Å²) < 4.78 is 177. The topological polar surface area (TPSA) is 187 Å². The van der Waals surface area contributed by atoms with Gasteiger partial charge in [0, 0.05) is 21.8 Å². The van der Waals surface area contributed by atoms with Crippen molar-refractivity contribution in [1.82, 2.24) is 0 Å². The van der Waals surface area contributed by atoms with Crippen molar-refractivity contribution in [1.29, 1.82) is 0 Å². The average molecular weight is 1230 g/mol. The maximum absolute atomic E-state index is 13.4. The number of halogens is 8. The fourth-order valence-electron chi connectivity index (χ4n) is 14.4. The molecule has 10 fully saturated rings. The lowest BCUT2D eigenvalue weighted by Crippen LogP contribution is -2.58. The van der Waals surface area contributed by atoms with Crippen LogP contribution in [0.15, 0.2) is 58.3 Å². The summed E-state index contributed by atoms with van der Waals surface area (Å²) in [6.45, 7) is 11.5. The monoisotopic (exact) mass is 1230 g/mol. The van der Waals surface area contributed by atoms with Crippen LogP contribution in [0.4, 0.5) is 35.1 Å². The number of esters is 2. The van der Waals surface area contributed by atoms with Crippen LogP contribution in [-0.4, -0.2) is 107 Å². The Kier molecular flexibility index (Phi) is 19.7. The fraction of sp³-hybridized carbons (Fsp3) is 0.759. The molecule has 458 valence electrons. The van der Waals surface area contributed by atoms with Crippen LogP contribution in [0.1, 0.15) is 168 Å². The smallest absolute Gasteiger partial charge is 0.396 e. The lowest BCUT2D eigenvalue weighted by molar-refractivity contribution is -0.201. The number of carbonyl (C=O) groups is 2. The normalized spacial score (nSPS) is 29.5. The second-order valence-electron chi connectivity index (χ2n) is 26.6. The van der Waals surface area contributed by atoms with Gasteiger partial charge in [0.25, 0.3) is 0 Å². The third kappa shape index (κ3) is 15.1. The summed E-state index contributed by atoms with van der Waals surface area (Å²) in [5.41, 5.74) is 0.757. The number of aliphatic hydroxyl groups is 1. The van der Waals surface area contributed by atoms with E-state index in [4.69, 9.17) is 9.47 Å². The molecule has 2 saturated heterocycles. The van der Waals surface area contributed by atoms with Crippen molar-refractivity contribution in [2.75, 3.05) is 36.2 Å². The van der Waals surface area contributed by atoms with E-state index in [0.29, 0.717) is 84.5 Å². The summed E-state index contributed by atoms with van der Waals surface area (Å²) in [7, 11) is -11.9. The molecule has 2 unspecified atom stereocenters. The third-order valence-corrected chi connectivity index (χ3v) is 24.7. The highest BCUT2D eigenvalue weighted by Crippen LogP contribution is 2.63. The van der Waals surface area contributed by atoms with Gasteiger partial charge in [-0.15, -0.1) is 0 Å². The maximum atomic E-state index is 13.4. The SMILES string of the molecule is CC(C)(C)c1ccc([S+]2CCCC2)cc1.CC(C)(C)c1ccc([S+]2CCCC2)cc1.O=C(OCCC(F)(F)C(F)(F)S(=O)(=O)[O-])C12CC3CC(CC(C3)C1)C2.O=C(OCCC(F)(F)C(F)(F)S(=O)(=O)[O-])C12CC3CC(CC(O)(C3)C1)C2. The molecular weight excluding hydrogens is 1150 g/mol. The van der Waals surface area contributed by atoms with E-state index in [1.807, 2.05) is 0 Å². The number of hydrogen-bond donors (Lipinski definition) is 1. The van der Waals surface area contributed by atoms with E-state index < -0.39 is 97.0 Å². The van der Waals surface area contributed by atoms with Gasteiger partial charge in [-0.1, -0.05) is 65.8 Å². The molecule has 81 heavy (non-hydrogen) atoms. The summed E-state index contributed by atoms with van der Waals surface area (Å²) in [5.74, 6) is -4.57. The van der Waals surface area contributed by atoms with E-state index in [2.05, 4.69) is 90.1 Å². The van der Waals surface area contributed by atoms with Gasteiger partial charge in [-0.25, -0.2) is 16.8 Å². The lowest BCUT2D eigenvalue weighted by Gasteiger charge is -2.58. The summed E-state index contributed by atoms with van der Waals surface area (Å²) in [6, 6.07) is 18.7. The van der Waals surface area contributed by atoms with Crippen molar-refractivity contribution >= 4 is 54.0 Å². The highest BCUT2D eigenvalue weighted by Gasteiger charge is 2.64. The second kappa shape index (κ2) is 24.2. The Balaban J connectivity index is 0.000000161. The van der Waals surface area contributed by atoms with Gasteiger partial charge in [0.05, 0.1) is 42.5 Å². The van der Waals surface area contributed by atoms with E-state index in [-0.39, 0.29) is 29.1 Å². The zero-order valence-corrected chi connectivity index (χ0v) is 50.4. The Hall–Kier alpha value is -2.70. The number of alkyl halides is 8. The Morgan fingerprint density at radius 1 is 0.519 bits per heavy atom. The summed E-state index contributed by atoms with van der Waals surface area (Å²) in [4.78, 5) is 28.0. The minimum atomic E-state index is -6.56. The first kappa shape index (κ1) is 65.8. The number of ether oxygens (including phenoxy) is 2. The Morgan fingerprint density at radius 2 is 0.815 bits per heavy atom. The van der Waals surface area contributed by atoms with Gasteiger partial charge in [-0.2, -0.15) is 35.1 Å². The number of carbonyl (C=O) groups excluding carboxylic acids is 2. The molecule has 23 heteroatoms. The van der Waals surface area contributed by atoms with Gasteiger partial charge in [0.2, 0.25) is 0 Å². The van der Waals surface area contributed by atoms with E-state index in [9.17, 15) is 75.8 Å². The van der Waals surface area contributed by atoms with Crippen LogP contribution < -0.4 is 0 Å². The van der Waals surface area contributed by atoms with Crippen LogP contribution in [0.5, 0.6) is 0 Å². The predicted molar refractivity (Wildman–Crippen MR) is 292 cm³/mol. The zero-order chi connectivity index (χ0) is 60.0. The second-order valence-corrected chi connectivity index (χ2v) is 33.9. The molecule has 0 spiro atoms. The molecule has 0 radical (unpaired) electrons. The van der Waals surface area contributed by atoms with Crippen molar-refractivity contribution in [2.45, 2.75) is 206 Å². The predicted octanol–water partition coefficient (Wildman–Crippen LogP) is 12.4. The number of rotatable bonds is 14. The van der Waals surface area contributed by atoms with E-state index in [1.54, 1.807) is 9.79 Å². The highest BCUT2D eigenvalue weighted by molar-refractivity contribution is 7.97. The standard InChI is InChI=1S/C15H20F4O6S.C15H20F4O5S.2C14H21S/c16-14(17,15(18,19)26(22,23)24)1-2-25-11(20)12-4-9-3-10(5-12)7-13(21,6-9)8-12;16-14(17,15(18,19)25(21,22)23)1-2-24-12(20)13-6-9-3-10(7-13)5-11(4-9)8-13;2*1-14(2,3)12-6-8-13(9-7-12)15-10-4-5-11-15/h9-10,21H,1-8H2,(H,22,23,24);9-11H,1-8H2,(H,21,22,23);2*6-9H,4-5,10-11H2,1-3H3/q;;2*+1/p-2. The first-order valence-corrected chi connectivity index (χ1v) is 34.2.